The molecule has 1 spiro atoms. The molecule has 1 fully saturated rings. The SMILES string of the molecule is C=CCNC(=O)CNC(=O)NC[C@H]1C[C@]12CCc1ccccc12. The van der Waals surface area contributed by atoms with Crippen molar-refractivity contribution in [2.75, 3.05) is 19.6 Å². The number of rotatable bonds is 6. The Hall–Kier alpha value is -2.30. The number of fused-ring (bicyclic) bond motifs is 2. The lowest BCUT2D eigenvalue weighted by atomic mass is 9.95. The third kappa shape index (κ3) is 3.23. The lowest BCUT2D eigenvalue weighted by Gasteiger charge is -2.12. The summed E-state index contributed by atoms with van der Waals surface area (Å²) in [6.07, 6.45) is 5.07. The van der Waals surface area contributed by atoms with Crippen molar-refractivity contribution in [3.8, 4) is 0 Å². The number of amides is 3. The minimum Gasteiger partial charge on any atom is -0.351 e. The molecule has 1 aromatic rings. The summed E-state index contributed by atoms with van der Waals surface area (Å²) in [5, 5.41) is 8.08. The van der Waals surface area contributed by atoms with E-state index in [0.29, 0.717) is 19.0 Å². The fourth-order valence-electron chi connectivity index (χ4n) is 3.69. The van der Waals surface area contributed by atoms with Gasteiger partial charge in [0.25, 0.3) is 0 Å². The lowest BCUT2D eigenvalue weighted by Crippen LogP contribution is -2.42. The quantitative estimate of drug-likeness (QED) is 0.697. The Balaban J connectivity index is 1.42. The van der Waals surface area contributed by atoms with Crippen LogP contribution in [0, 0.1) is 5.92 Å². The van der Waals surface area contributed by atoms with Crippen LogP contribution in [0.1, 0.15) is 24.0 Å². The van der Waals surface area contributed by atoms with E-state index in [1.807, 2.05) is 0 Å². The van der Waals surface area contributed by atoms with Crippen molar-refractivity contribution >= 4 is 11.9 Å². The average Bonchev–Trinajstić information content (AvgIpc) is 3.16. The summed E-state index contributed by atoms with van der Waals surface area (Å²) in [5.74, 6) is 0.291. The molecule has 5 heteroatoms. The Bertz CT molecular complexity index is 628. The van der Waals surface area contributed by atoms with Crippen LogP contribution in [-0.2, 0) is 16.6 Å². The Morgan fingerprint density at radius 1 is 1.26 bits per heavy atom. The molecule has 0 radical (unpaired) electrons. The number of benzene rings is 1. The molecule has 1 aromatic carbocycles. The summed E-state index contributed by atoms with van der Waals surface area (Å²) < 4.78 is 0. The molecule has 23 heavy (non-hydrogen) atoms. The molecule has 0 heterocycles. The highest BCUT2D eigenvalue weighted by Crippen LogP contribution is 2.61. The van der Waals surface area contributed by atoms with Gasteiger partial charge in [-0.25, -0.2) is 4.79 Å². The van der Waals surface area contributed by atoms with Gasteiger partial charge in [0.2, 0.25) is 5.91 Å². The number of nitrogens with one attached hydrogen (secondary N) is 3. The van der Waals surface area contributed by atoms with E-state index in [0.717, 1.165) is 12.8 Å². The Morgan fingerprint density at radius 2 is 2.09 bits per heavy atom. The van der Waals surface area contributed by atoms with Crippen LogP contribution in [0.2, 0.25) is 0 Å². The van der Waals surface area contributed by atoms with Gasteiger partial charge >= 0.3 is 6.03 Å². The third-order valence-corrected chi connectivity index (χ3v) is 4.99. The first-order chi connectivity index (χ1) is 11.2. The van der Waals surface area contributed by atoms with Crippen LogP contribution in [0.3, 0.4) is 0 Å². The fourth-order valence-corrected chi connectivity index (χ4v) is 3.69. The minimum absolute atomic E-state index is 0.0156. The second-order valence-electron chi connectivity index (χ2n) is 6.37. The zero-order valence-electron chi connectivity index (χ0n) is 13.2. The number of hydrogen-bond acceptors (Lipinski definition) is 2. The number of urea groups is 1. The standard InChI is InChI=1S/C18H23N3O2/c1-2-9-19-16(22)12-21-17(23)20-11-14-10-18(14)8-7-13-5-3-4-6-15(13)18/h2-6,14H,1,7-12H2,(H,19,22)(H2,20,21,23)/t14-,18-/m1/s1. The first-order valence-corrected chi connectivity index (χ1v) is 8.13. The molecular weight excluding hydrogens is 290 g/mol. The highest BCUT2D eigenvalue weighted by molar-refractivity contribution is 5.83. The molecule has 0 bridgehead atoms. The molecule has 3 amide bonds. The highest BCUT2D eigenvalue weighted by atomic mass is 16.2. The van der Waals surface area contributed by atoms with Crippen molar-refractivity contribution in [3.05, 3.63) is 48.0 Å². The van der Waals surface area contributed by atoms with Gasteiger partial charge in [0, 0.05) is 18.5 Å². The van der Waals surface area contributed by atoms with Gasteiger partial charge in [0.15, 0.2) is 0 Å². The molecule has 3 rings (SSSR count). The van der Waals surface area contributed by atoms with Crippen LogP contribution >= 0.6 is 0 Å². The number of aryl methyl sites for hydroxylation is 1. The van der Waals surface area contributed by atoms with E-state index in [-0.39, 0.29) is 23.9 Å². The summed E-state index contributed by atoms with van der Waals surface area (Å²) in [6.45, 7) is 4.57. The van der Waals surface area contributed by atoms with E-state index < -0.39 is 0 Å². The van der Waals surface area contributed by atoms with Crippen molar-refractivity contribution in [1.29, 1.82) is 0 Å². The third-order valence-electron chi connectivity index (χ3n) is 4.99. The second-order valence-corrected chi connectivity index (χ2v) is 6.37. The van der Waals surface area contributed by atoms with E-state index in [4.69, 9.17) is 0 Å². The molecule has 0 aliphatic heterocycles. The molecule has 2 aliphatic carbocycles. The van der Waals surface area contributed by atoms with Crippen molar-refractivity contribution < 1.29 is 9.59 Å². The second kappa shape index (κ2) is 6.44. The summed E-state index contributed by atoms with van der Waals surface area (Å²) in [6, 6.07) is 8.35. The molecule has 3 N–H and O–H groups in total. The normalized spacial score (nSPS) is 23.9. The lowest BCUT2D eigenvalue weighted by molar-refractivity contribution is -0.119. The van der Waals surface area contributed by atoms with E-state index >= 15 is 0 Å². The van der Waals surface area contributed by atoms with Crippen LogP contribution in [0.4, 0.5) is 4.79 Å². The number of carbonyl (C=O) groups is 2. The van der Waals surface area contributed by atoms with Gasteiger partial charge in [0.05, 0.1) is 6.54 Å². The Kier molecular flexibility index (Phi) is 4.37. The molecule has 2 aliphatic rings. The first-order valence-electron chi connectivity index (χ1n) is 8.13. The van der Waals surface area contributed by atoms with Crippen molar-refractivity contribution in [2.45, 2.75) is 24.7 Å². The largest absolute Gasteiger partial charge is 0.351 e. The van der Waals surface area contributed by atoms with Gasteiger partial charge in [-0.2, -0.15) is 0 Å². The monoisotopic (exact) mass is 313 g/mol. The van der Waals surface area contributed by atoms with Crippen LogP contribution < -0.4 is 16.0 Å². The molecular formula is C18H23N3O2. The maximum absolute atomic E-state index is 11.8. The molecule has 122 valence electrons. The molecule has 5 nitrogen and oxygen atoms in total. The van der Waals surface area contributed by atoms with Crippen molar-refractivity contribution in [2.24, 2.45) is 5.92 Å². The Morgan fingerprint density at radius 3 is 2.91 bits per heavy atom. The summed E-state index contributed by atoms with van der Waals surface area (Å²) >= 11 is 0. The van der Waals surface area contributed by atoms with Gasteiger partial charge in [-0.3, -0.25) is 4.79 Å². The van der Waals surface area contributed by atoms with E-state index in [1.165, 1.54) is 17.5 Å². The first kappa shape index (κ1) is 15.6. The van der Waals surface area contributed by atoms with Gasteiger partial charge in [-0.15, -0.1) is 6.58 Å². The smallest absolute Gasteiger partial charge is 0.315 e. The maximum atomic E-state index is 11.8. The van der Waals surface area contributed by atoms with Gasteiger partial charge in [-0.05, 0) is 36.3 Å². The molecule has 0 saturated heterocycles. The predicted octanol–water partition coefficient (Wildman–Crippen LogP) is 1.49. The topological polar surface area (TPSA) is 70.2 Å². The number of hydrogen-bond donors (Lipinski definition) is 3. The maximum Gasteiger partial charge on any atom is 0.315 e. The van der Waals surface area contributed by atoms with Gasteiger partial charge in [0.1, 0.15) is 0 Å². The van der Waals surface area contributed by atoms with Crippen LogP contribution in [-0.4, -0.2) is 31.6 Å². The summed E-state index contributed by atoms with van der Waals surface area (Å²) in [4.78, 5) is 23.2. The predicted molar refractivity (Wildman–Crippen MR) is 89.2 cm³/mol. The van der Waals surface area contributed by atoms with E-state index in [9.17, 15) is 9.59 Å². The fraction of sp³-hybridized carbons (Fsp3) is 0.444. The minimum atomic E-state index is -0.285. The highest BCUT2D eigenvalue weighted by Gasteiger charge is 2.57. The van der Waals surface area contributed by atoms with Crippen molar-refractivity contribution in [3.63, 3.8) is 0 Å². The molecule has 0 aromatic heterocycles. The number of carbonyl (C=O) groups excluding carboxylic acids is 2. The van der Waals surface area contributed by atoms with Gasteiger partial charge < -0.3 is 16.0 Å². The molecule has 2 atom stereocenters. The van der Waals surface area contributed by atoms with E-state index in [1.54, 1.807) is 6.08 Å². The summed E-state index contributed by atoms with van der Waals surface area (Å²) in [5.41, 5.74) is 3.21. The summed E-state index contributed by atoms with van der Waals surface area (Å²) in [7, 11) is 0. The molecule has 0 unspecified atom stereocenters. The zero-order valence-corrected chi connectivity index (χ0v) is 13.2. The van der Waals surface area contributed by atoms with Crippen molar-refractivity contribution in [1.82, 2.24) is 16.0 Å². The van der Waals surface area contributed by atoms with Crippen LogP contribution in [0.15, 0.2) is 36.9 Å². The average molecular weight is 313 g/mol. The zero-order chi connectivity index (χ0) is 16.3. The van der Waals surface area contributed by atoms with Crippen LogP contribution in [0.5, 0.6) is 0 Å². The van der Waals surface area contributed by atoms with Crippen LogP contribution in [0.25, 0.3) is 0 Å². The van der Waals surface area contributed by atoms with Gasteiger partial charge in [-0.1, -0.05) is 30.3 Å². The molecule has 1 saturated carbocycles. The Labute approximate surface area is 136 Å². The van der Waals surface area contributed by atoms with E-state index in [2.05, 4.69) is 46.8 Å².